The van der Waals surface area contributed by atoms with E-state index in [0.717, 1.165) is 6.42 Å². The molecule has 0 aliphatic rings. The molecule has 0 rings (SSSR count). The molecule has 50 valence electrons. The van der Waals surface area contributed by atoms with Crippen molar-refractivity contribution >= 4 is 0 Å². The Bertz CT molecular complexity index is 49.7. The number of hydroxylamine groups is 1. The van der Waals surface area contributed by atoms with Crippen LogP contribution in [0.3, 0.4) is 0 Å². The fourth-order valence-corrected chi connectivity index (χ4v) is 0.359. The molecular weight excluding hydrogens is 106 g/mol. The van der Waals surface area contributed by atoms with E-state index in [2.05, 4.69) is 5.48 Å². The summed E-state index contributed by atoms with van der Waals surface area (Å²) in [6.45, 7) is 2.58. The number of methoxy groups -OCH3 is 1. The second kappa shape index (κ2) is 5.03. The van der Waals surface area contributed by atoms with Crippen LogP contribution in [0.25, 0.3) is 0 Å². The SMILES string of the molecule is COCCC(C)NO. The van der Waals surface area contributed by atoms with Crippen LogP contribution in [-0.2, 0) is 4.74 Å². The largest absolute Gasteiger partial charge is 0.385 e. The first-order chi connectivity index (χ1) is 3.81. The molecule has 0 aliphatic heterocycles. The van der Waals surface area contributed by atoms with Gasteiger partial charge in [-0.2, -0.15) is 0 Å². The quantitative estimate of drug-likeness (QED) is 0.526. The number of rotatable bonds is 4. The van der Waals surface area contributed by atoms with E-state index in [9.17, 15) is 0 Å². The van der Waals surface area contributed by atoms with Crippen LogP contribution in [0.2, 0.25) is 0 Å². The lowest BCUT2D eigenvalue weighted by molar-refractivity contribution is 0.106. The summed E-state index contributed by atoms with van der Waals surface area (Å²) in [6, 6.07) is 0.134. The summed E-state index contributed by atoms with van der Waals surface area (Å²) in [6.07, 6.45) is 0.840. The summed E-state index contributed by atoms with van der Waals surface area (Å²) in [5.41, 5.74) is 2.12. The highest BCUT2D eigenvalue weighted by Crippen LogP contribution is 1.87. The van der Waals surface area contributed by atoms with Crippen molar-refractivity contribution in [3.63, 3.8) is 0 Å². The van der Waals surface area contributed by atoms with Gasteiger partial charge < -0.3 is 9.94 Å². The van der Waals surface area contributed by atoms with Gasteiger partial charge in [0, 0.05) is 19.8 Å². The van der Waals surface area contributed by atoms with Gasteiger partial charge in [-0.05, 0) is 13.3 Å². The lowest BCUT2D eigenvalue weighted by Gasteiger charge is -2.05. The fourth-order valence-electron chi connectivity index (χ4n) is 0.359. The Morgan fingerprint density at radius 2 is 2.38 bits per heavy atom. The molecule has 0 spiro atoms. The Labute approximate surface area is 49.6 Å². The second-order valence-electron chi connectivity index (χ2n) is 1.81. The topological polar surface area (TPSA) is 41.5 Å². The summed E-state index contributed by atoms with van der Waals surface area (Å²) in [4.78, 5) is 0. The van der Waals surface area contributed by atoms with Crippen molar-refractivity contribution < 1.29 is 9.94 Å². The lowest BCUT2D eigenvalue weighted by Crippen LogP contribution is -2.23. The molecule has 0 aliphatic carbocycles. The first-order valence-electron chi connectivity index (χ1n) is 2.69. The minimum Gasteiger partial charge on any atom is -0.385 e. The van der Waals surface area contributed by atoms with E-state index in [4.69, 9.17) is 9.94 Å². The molecule has 0 saturated carbocycles. The third-order valence-electron chi connectivity index (χ3n) is 0.975. The van der Waals surface area contributed by atoms with Crippen molar-refractivity contribution in [1.29, 1.82) is 0 Å². The van der Waals surface area contributed by atoms with Gasteiger partial charge >= 0.3 is 0 Å². The van der Waals surface area contributed by atoms with Gasteiger partial charge in [-0.3, -0.25) is 0 Å². The van der Waals surface area contributed by atoms with Crippen molar-refractivity contribution in [2.45, 2.75) is 19.4 Å². The molecule has 0 bridgehead atoms. The molecule has 0 aromatic carbocycles. The number of nitrogens with one attached hydrogen (secondary N) is 1. The van der Waals surface area contributed by atoms with Crippen molar-refractivity contribution in [1.82, 2.24) is 5.48 Å². The molecule has 1 unspecified atom stereocenters. The lowest BCUT2D eigenvalue weighted by atomic mass is 10.3. The third-order valence-corrected chi connectivity index (χ3v) is 0.975. The summed E-state index contributed by atoms with van der Waals surface area (Å²) in [5, 5.41) is 8.26. The maximum Gasteiger partial charge on any atom is 0.0477 e. The van der Waals surface area contributed by atoms with E-state index in [-0.39, 0.29) is 6.04 Å². The van der Waals surface area contributed by atoms with Crippen LogP contribution < -0.4 is 5.48 Å². The zero-order chi connectivity index (χ0) is 6.41. The molecule has 8 heavy (non-hydrogen) atoms. The molecule has 1 atom stereocenters. The van der Waals surface area contributed by atoms with E-state index < -0.39 is 0 Å². The standard InChI is InChI=1S/C5H13NO2/c1-5(6-7)3-4-8-2/h5-7H,3-4H2,1-2H3. The molecule has 0 radical (unpaired) electrons. The Morgan fingerprint density at radius 3 is 2.75 bits per heavy atom. The van der Waals surface area contributed by atoms with E-state index in [1.807, 2.05) is 6.92 Å². The summed E-state index contributed by atoms with van der Waals surface area (Å²) in [5.74, 6) is 0. The highest BCUT2D eigenvalue weighted by atomic mass is 16.5. The van der Waals surface area contributed by atoms with Crippen LogP contribution in [0, 0.1) is 0 Å². The molecule has 3 nitrogen and oxygen atoms in total. The Hall–Kier alpha value is -0.120. The van der Waals surface area contributed by atoms with Gasteiger partial charge in [-0.15, -0.1) is 0 Å². The van der Waals surface area contributed by atoms with Crippen molar-refractivity contribution in [3.05, 3.63) is 0 Å². The van der Waals surface area contributed by atoms with Gasteiger partial charge in [0.05, 0.1) is 0 Å². The minimum absolute atomic E-state index is 0.134. The molecule has 0 heterocycles. The van der Waals surface area contributed by atoms with Crippen LogP contribution >= 0.6 is 0 Å². The van der Waals surface area contributed by atoms with Crippen LogP contribution in [-0.4, -0.2) is 25.0 Å². The highest BCUT2D eigenvalue weighted by Gasteiger charge is 1.95. The maximum absolute atomic E-state index is 8.26. The molecule has 0 saturated heterocycles. The van der Waals surface area contributed by atoms with Gasteiger partial charge in [0.15, 0.2) is 0 Å². The van der Waals surface area contributed by atoms with Crippen LogP contribution in [0.5, 0.6) is 0 Å². The summed E-state index contributed by atoms with van der Waals surface area (Å²) < 4.78 is 4.76. The van der Waals surface area contributed by atoms with Crippen LogP contribution in [0.1, 0.15) is 13.3 Å². The van der Waals surface area contributed by atoms with Gasteiger partial charge in [-0.1, -0.05) is 0 Å². The Morgan fingerprint density at radius 1 is 1.75 bits per heavy atom. The number of hydrogen-bond acceptors (Lipinski definition) is 3. The normalized spacial score (nSPS) is 13.9. The fraction of sp³-hybridized carbons (Fsp3) is 1.00. The predicted molar refractivity (Wildman–Crippen MR) is 30.9 cm³/mol. The van der Waals surface area contributed by atoms with Crippen molar-refractivity contribution in [2.24, 2.45) is 0 Å². The Kier molecular flexibility index (Phi) is 4.95. The zero-order valence-corrected chi connectivity index (χ0v) is 5.35. The molecule has 0 amide bonds. The van der Waals surface area contributed by atoms with Crippen molar-refractivity contribution in [2.75, 3.05) is 13.7 Å². The first-order valence-corrected chi connectivity index (χ1v) is 2.69. The highest BCUT2D eigenvalue weighted by molar-refractivity contribution is 4.50. The zero-order valence-electron chi connectivity index (χ0n) is 5.35. The van der Waals surface area contributed by atoms with E-state index in [0.29, 0.717) is 6.61 Å². The van der Waals surface area contributed by atoms with Gasteiger partial charge in [0.2, 0.25) is 0 Å². The molecule has 0 fully saturated rings. The predicted octanol–water partition coefficient (Wildman–Crippen LogP) is 0.390. The Balaban J connectivity index is 2.86. The molecule has 2 N–H and O–H groups in total. The molecule has 0 aromatic heterocycles. The van der Waals surface area contributed by atoms with Gasteiger partial charge in [0.25, 0.3) is 0 Å². The molecule has 0 aromatic rings. The molecule has 3 heteroatoms. The summed E-state index contributed by atoms with van der Waals surface area (Å²) in [7, 11) is 1.64. The smallest absolute Gasteiger partial charge is 0.0477 e. The summed E-state index contributed by atoms with van der Waals surface area (Å²) >= 11 is 0. The van der Waals surface area contributed by atoms with Crippen LogP contribution in [0.15, 0.2) is 0 Å². The average molecular weight is 119 g/mol. The van der Waals surface area contributed by atoms with E-state index in [1.54, 1.807) is 7.11 Å². The minimum atomic E-state index is 0.134. The van der Waals surface area contributed by atoms with Gasteiger partial charge in [-0.25, -0.2) is 5.48 Å². The van der Waals surface area contributed by atoms with Gasteiger partial charge in [0.1, 0.15) is 0 Å². The van der Waals surface area contributed by atoms with E-state index in [1.165, 1.54) is 0 Å². The second-order valence-corrected chi connectivity index (χ2v) is 1.81. The van der Waals surface area contributed by atoms with Crippen LogP contribution in [0.4, 0.5) is 0 Å². The maximum atomic E-state index is 8.26. The number of hydrogen-bond donors (Lipinski definition) is 2. The average Bonchev–Trinajstić information content (AvgIpc) is 1.83. The monoisotopic (exact) mass is 119 g/mol. The third kappa shape index (κ3) is 4.05. The van der Waals surface area contributed by atoms with E-state index >= 15 is 0 Å². The van der Waals surface area contributed by atoms with Crippen molar-refractivity contribution in [3.8, 4) is 0 Å². The first kappa shape index (κ1) is 7.88. The number of ether oxygens (including phenoxy) is 1. The molecular formula is C5H13NO2.